The van der Waals surface area contributed by atoms with Crippen LogP contribution >= 0.6 is 0 Å². The molecule has 4 heteroatoms. The number of nitrogens with zero attached hydrogens (tertiary/aromatic N) is 1. The van der Waals surface area contributed by atoms with Gasteiger partial charge in [-0.3, -0.25) is 0 Å². The Morgan fingerprint density at radius 2 is 0.435 bits per heavy atom. The summed E-state index contributed by atoms with van der Waals surface area (Å²) in [6.07, 6.45) is 0. The van der Waals surface area contributed by atoms with Gasteiger partial charge < -0.3 is 15.0 Å². The van der Waals surface area contributed by atoms with Gasteiger partial charge in [-0.15, -0.1) is 0 Å². The van der Waals surface area contributed by atoms with Crippen LogP contribution in [0.15, 0.2) is 337 Å². The maximum Gasteiger partial charge on any atom is 0.106 e. The molecule has 4 heterocycles. The van der Waals surface area contributed by atoms with E-state index in [0.29, 0.717) is 95.0 Å². The maximum atomic E-state index is 6.16. The van der Waals surface area contributed by atoms with Crippen molar-refractivity contribution in [3.8, 4) is 94.7 Å². The highest BCUT2D eigenvalue weighted by Crippen LogP contribution is 2.43. The van der Waals surface area contributed by atoms with Crippen molar-refractivity contribution in [3.63, 3.8) is 0 Å². The van der Waals surface area contributed by atoms with E-state index in [1.165, 1.54) is 0 Å². The molecule has 0 saturated carbocycles. The molecule has 0 saturated heterocycles. The van der Waals surface area contributed by atoms with Gasteiger partial charge in [-0.25, -0.2) is 4.99 Å². The minimum atomic E-state index is 0.491. The third-order valence-corrected chi connectivity index (χ3v) is 18.5. The van der Waals surface area contributed by atoms with Crippen molar-refractivity contribution in [1.29, 1.82) is 0 Å². The predicted octanol–water partition coefficient (Wildman–Crippen LogP) is 18.5. The highest BCUT2D eigenvalue weighted by molar-refractivity contribution is 6.21. The molecule has 0 fully saturated rings. The number of fused-ring (bicyclic) bond motifs is 12. The van der Waals surface area contributed by atoms with Crippen LogP contribution in [0.5, 0.6) is 0 Å². The number of aryl methyl sites for hydroxylation is 3. The monoisotopic (exact) mass is 1370 g/mol. The summed E-state index contributed by atoms with van der Waals surface area (Å²) in [5, 5.41) is 1.32. The molecule has 1 aliphatic carbocycles. The standard InChI is InChI=1S/C104H64N4/c1-72-44-58-83(59-45-72)94-97-86(64-50-75-28-12-4-13-29-75)88(66-52-77-32-16-6-17-33-77)99(105-97)95(84-60-46-73(2)47-61-84)101-90(68-54-79-36-20-8-21-37-79)92(70-56-81-40-24-10-25-41-81)103(107-101)104-93(71-57-82-42-26-11-27-43-82)91(69-55-80-38-22-9-23-39-80)102(108-104)96(85-62-48-74(3)49-63-85)100-89(67-53-78-34-18-7-19-35-78)87(98(94)106-100)65-51-76-30-14-5-15-31-76/h4-49,58-63,105-107H,1-3H3. The topological polar surface area (TPSA) is 59.7 Å². The van der Waals surface area contributed by atoms with Crippen molar-refractivity contribution in [2.75, 3.05) is 0 Å². The first kappa shape index (κ1) is 67.1. The Morgan fingerprint density at radius 1 is 0.204 bits per heavy atom. The molecule has 4 nitrogen and oxygen atoms in total. The first-order chi connectivity index (χ1) is 53.3. The zero-order valence-corrected chi connectivity index (χ0v) is 59.5. The Hall–Kier alpha value is -15.4. The Bertz CT molecular complexity index is 6610. The quantitative estimate of drug-likeness (QED) is 0.148. The molecule has 16 rings (SSSR count). The van der Waals surface area contributed by atoms with Crippen molar-refractivity contribution in [1.82, 2.24) is 15.0 Å². The predicted molar refractivity (Wildman–Crippen MR) is 439 cm³/mol. The van der Waals surface area contributed by atoms with Gasteiger partial charge in [-0.2, -0.15) is 0 Å². The molecule has 1 aliphatic heterocycles. The van der Waals surface area contributed by atoms with Crippen molar-refractivity contribution < 1.29 is 0 Å². The van der Waals surface area contributed by atoms with E-state index in [0.717, 1.165) is 89.0 Å². The van der Waals surface area contributed by atoms with Gasteiger partial charge in [0, 0.05) is 61.2 Å². The molecule has 0 amide bonds. The number of aromatic amines is 3. The molecule has 0 spiro atoms. The molecule has 14 aromatic rings. The van der Waals surface area contributed by atoms with Gasteiger partial charge in [0.2, 0.25) is 0 Å². The van der Waals surface area contributed by atoms with Gasteiger partial charge in [0.15, 0.2) is 0 Å². The van der Waals surface area contributed by atoms with E-state index in [4.69, 9.17) is 4.99 Å². The number of hydrogen-bond donors (Lipinski definition) is 3. The van der Waals surface area contributed by atoms with Crippen LogP contribution in [0, 0.1) is 115 Å². The number of aromatic nitrogens is 3. The summed E-state index contributed by atoms with van der Waals surface area (Å²) >= 11 is 0. The lowest BCUT2D eigenvalue weighted by atomic mass is 9.91. The van der Waals surface area contributed by atoms with Crippen LogP contribution in [0.2, 0.25) is 0 Å². The SMILES string of the molecule is Cc1ccc(C2=C3N=C(C(C#Cc4ccccc4)=C3C#Cc3ccccc3)c3[nH]c(c(C#Cc4ccccc4)c3C#Cc3ccccc3)C(c3ccc(C)cc3)=c3[nH]c(c(C#Cc4ccccc4)c3C#Cc3ccccc3)=C(c3ccc(C)cc3)c3[nH]c2c(C#Cc2ccccc2)c3C#Cc2ccccc2)cc1. The van der Waals surface area contributed by atoms with E-state index in [2.05, 4.69) is 203 Å². The van der Waals surface area contributed by atoms with Crippen molar-refractivity contribution in [2.24, 2.45) is 4.99 Å². The van der Waals surface area contributed by atoms with Gasteiger partial charge in [0.05, 0.1) is 83.7 Å². The molecule has 0 atom stereocenters. The van der Waals surface area contributed by atoms with E-state index in [1.807, 2.05) is 243 Å². The summed E-state index contributed by atoms with van der Waals surface area (Å²) in [5.41, 5.74) is 22.7. The molecule has 0 radical (unpaired) electrons. The Morgan fingerprint density at radius 3 is 0.731 bits per heavy atom. The number of H-pyrrole nitrogens is 3. The third kappa shape index (κ3) is 14.7. The first-order valence-corrected chi connectivity index (χ1v) is 35.7. The second-order valence-corrected chi connectivity index (χ2v) is 26.1. The summed E-state index contributed by atoms with van der Waals surface area (Å²) in [6, 6.07) is 106. The van der Waals surface area contributed by atoms with Gasteiger partial charge in [0.1, 0.15) is 5.71 Å². The van der Waals surface area contributed by atoms with Crippen molar-refractivity contribution in [3.05, 3.63) is 477 Å². The Labute approximate surface area is 630 Å². The molecule has 3 N–H and O–H groups in total. The molecular weight excluding hydrogens is 1310 g/mol. The van der Waals surface area contributed by atoms with Crippen molar-refractivity contribution in [2.45, 2.75) is 20.8 Å². The summed E-state index contributed by atoms with van der Waals surface area (Å²) in [4.78, 5) is 18.9. The average Bonchev–Trinajstić information content (AvgIpc) is 1.56. The third-order valence-electron chi connectivity index (χ3n) is 18.5. The van der Waals surface area contributed by atoms with Crippen LogP contribution < -0.4 is 10.7 Å². The van der Waals surface area contributed by atoms with Crippen molar-refractivity contribution >= 4 is 22.4 Å². The number of hydrogen-bond acceptors (Lipinski definition) is 1. The number of aliphatic imine (C=N–C) groups is 1. The maximum absolute atomic E-state index is 6.16. The van der Waals surface area contributed by atoms with Crippen LogP contribution in [0.25, 0.3) is 16.7 Å². The Kier molecular flexibility index (Phi) is 19.3. The van der Waals surface area contributed by atoms with E-state index in [9.17, 15) is 0 Å². The molecule has 2 aliphatic rings. The van der Waals surface area contributed by atoms with Gasteiger partial charge in [-0.1, -0.05) is 330 Å². The summed E-state index contributed by atoms with van der Waals surface area (Å²) < 4.78 is 0. The lowest BCUT2D eigenvalue weighted by Gasteiger charge is -2.12. The second kappa shape index (κ2) is 31.1. The molecule has 3 aromatic heterocycles. The zero-order valence-electron chi connectivity index (χ0n) is 59.5. The van der Waals surface area contributed by atoms with Crippen LogP contribution in [-0.4, -0.2) is 20.7 Å². The number of nitrogens with one attached hydrogen (secondary N) is 3. The minimum Gasteiger partial charge on any atom is -0.352 e. The largest absolute Gasteiger partial charge is 0.352 e. The summed E-state index contributed by atoms with van der Waals surface area (Å²) in [6.45, 7) is 6.31. The number of allylic oxidation sites excluding steroid dienone is 2. The lowest BCUT2D eigenvalue weighted by molar-refractivity contribution is 1.20. The average molecular weight is 1370 g/mol. The summed E-state index contributed by atoms with van der Waals surface area (Å²) in [5.74, 6) is 59.9. The summed E-state index contributed by atoms with van der Waals surface area (Å²) in [7, 11) is 0. The lowest BCUT2D eigenvalue weighted by Crippen LogP contribution is -2.20. The first-order valence-electron chi connectivity index (χ1n) is 35.7. The van der Waals surface area contributed by atoms with Crippen LogP contribution in [0.4, 0.5) is 0 Å². The van der Waals surface area contributed by atoms with E-state index in [1.54, 1.807) is 0 Å². The van der Waals surface area contributed by atoms with Gasteiger partial charge in [-0.05, 0) is 135 Å². The zero-order chi connectivity index (χ0) is 73.0. The molecule has 11 aromatic carbocycles. The molecule has 500 valence electrons. The van der Waals surface area contributed by atoms with Gasteiger partial charge in [0.25, 0.3) is 0 Å². The van der Waals surface area contributed by atoms with Gasteiger partial charge >= 0.3 is 0 Å². The molecule has 8 bridgehead atoms. The number of rotatable bonds is 3. The fourth-order valence-electron chi connectivity index (χ4n) is 13.1. The van der Waals surface area contributed by atoms with Crippen LogP contribution in [-0.2, 0) is 0 Å². The van der Waals surface area contributed by atoms with Crippen LogP contribution in [0.3, 0.4) is 0 Å². The van der Waals surface area contributed by atoms with E-state index >= 15 is 0 Å². The molecule has 108 heavy (non-hydrogen) atoms. The fraction of sp³-hybridized carbons (Fsp3) is 0.0288. The highest BCUT2D eigenvalue weighted by Gasteiger charge is 2.35. The van der Waals surface area contributed by atoms with E-state index < -0.39 is 0 Å². The van der Waals surface area contributed by atoms with Crippen LogP contribution in [0.1, 0.15) is 134 Å². The number of benzene rings is 11. The fourth-order valence-corrected chi connectivity index (χ4v) is 13.1. The normalized spacial score (nSPS) is 11.6. The minimum absolute atomic E-state index is 0.491. The molecular formula is C104H64N4. The highest BCUT2D eigenvalue weighted by atomic mass is 14.9. The second-order valence-electron chi connectivity index (χ2n) is 26.1. The Balaban J connectivity index is 1.23. The molecule has 0 unspecified atom stereocenters. The smallest absolute Gasteiger partial charge is 0.106 e. The van der Waals surface area contributed by atoms with E-state index in [-0.39, 0.29) is 0 Å².